The van der Waals surface area contributed by atoms with Crippen LogP contribution in [0.1, 0.15) is 22.3 Å². The molecule has 0 saturated heterocycles. The van der Waals surface area contributed by atoms with Crippen molar-refractivity contribution in [3.8, 4) is 12.3 Å². The third-order valence-electron chi connectivity index (χ3n) is 2.23. The van der Waals surface area contributed by atoms with E-state index in [1.54, 1.807) is 0 Å². The molecule has 20 heavy (non-hydrogen) atoms. The Bertz CT molecular complexity index is 551. The number of hydrogen-bond acceptors (Lipinski definition) is 0. The van der Waals surface area contributed by atoms with Gasteiger partial charge in [0.15, 0.2) is 0 Å². The molecule has 0 N–H and O–H groups in total. The first kappa shape index (κ1) is 16.2. The van der Waals surface area contributed by atoms with Crippen LogP contribution in [0.25, 0.3) is 0 Å². The van der Waals surface area contributed by atoms with Crippen molar-refractivity contribution in [3.63, 3.8) is 0 Å². The maximum absolute atomic E-state index is 12.5. The number of alkyl halides is 9. The van der Waals surface area contributed by atoms with E-state index in [1.807, 2.05) is 0 Å². The van der Waals surface area contributed by atoms with Gasteiger partial charge in [0.1, 0.15) is 0 Å². The smallest absolute Gasteiger partial charge is 0.166 e. The summed E-state index contributed by atoms with van der Waals surface area (Å²) in [6, 6.07) is -0.955. The summed E-state index contributed by atoms with van der Waals surface area (Å²) in [6.07, 6.45) is -11.8. The van der Waals surface area contributed by atoms with Gasteiger partial charge in [-0.05, 0) is 12.1 Å². The molecule has 0 saturated carbocycles. The van der Waals surface area contributed by atoms with Crippen molar-refractivity contribution in [3.05, 3.63) is 34.4 Å². The number of terminal acetylenes is 1. The lowest BCUT2D eigenvalue weighted by atomic mass is 9.97. The summed E-state index contributed by atoms with van der Waals surface area (Å²) in [5.74, 6) is 1.31. The Morgan fingerprint density at radius 1 is 0.650 bits per heavy atom. The van der Waals surface area contributed by atoms with Crippen molar-refractivity contribution in [2.24, 2.45) is 0 Å². The van der Waals surface area contributed by atoms with Crippen LogP contribution in [0.5, 0.6) is 0 Å². The summed E-state index contributed by atoms with van der Waals surface area (Å²) in [5, 5.41) is 0. The summed E-state index contributed by atoms with van der Waals surface area (Å²) < 4.78 is 112. The Labute approximate surface area is 106 Å². The van der Waals surface area contributed by atoms with E-state index in [0.717, 1.165) is 0 Å². The fourth-order valence-corrected chi connectivity index (χ4v) is 1.42. The minimum absolute atomic E-state index is 0.328. The Hall–Kier alpha value is -1.85. The molecule has 1 rings (SSSR count). The summed E-state index contributed by atoms with van der Waals surface area (Å²) in [5.41, 5.74) is -7.94. The van der Waals surface area contributed by atoms with E-state index in [4.69, 9.17) is 0 Å². The molecule has 0 radical (unpaired) electrons. The number of benzene rings is 1. The number of hydrogen-bond donors (Lipinski definition) is 0. The quantitative estimate of drug-likeness (QED) is 0.480. The predicted molar refractivity (Wildman–Crippen MR) is 49.4 cm³/mol. The molecule has 1 aromatic carbocycles. The average molecular weight is 306 g/mol. The second-order valence-corrected chi connectivity index (χ2v) is 3.58. The summed E-state index contributed by atoms with van der Waals surface area (Å²) in [4.78, 5) is 0. The molecule has 0 aliphatic rings. The van der Waals surface area contributed by atoms with Crippen LogP contribution in [0.2, 0.25) is 0 Å². The van der Waals surface area contributed by atoms with E-state index in [1.165, 1.54) is 5.92 Å². The molecule has 0 heterocycles. The molecule has 1 aromatic rings. The van der Waals surface area contributed by atoms with Gasteiger partial charge in [0.25, 0.3) is 0 Å². The molecule has 9 heteroatoms. The summed E-state index contributed by atoms with van der Waals surface area (Å²) in [7, 11) is 0. The van der Waals surface area contributed by atoms with Gasteiger partial charge >= 0.3 is 18.5 Å². The highest BCUT2D eigenvalue weighted by Crippen LogP contribution is 2.44. The van der Waals surface area contributed by atoms with Gasteiger partial charge in [0.05, 0.1) is 16.7 Å². The molecular weight excluding hydrogens is 303 g/mol. The van der Waals surface area contributed by atoms with Gasteiger partial charge in [-0.3, -0.25) is 0 Å². The standard InChI is InChI=1S/C11H3F9/c1-2-5-3-7(10(15,16)17)8(11(18,19)20)4-6(5)9(12,13)14/h1,3-4H. The average Bonchev–Trinajstić information content (AvgIpc) is 2.23. The van der Waals surface area contributed by atoms with Crippen molar-refractivity contribution in [2.45, 2.75) is 18.5 Å². The fraction of sp³-hybridized carbons (Fsp3) is 0.273. The van der Waals surface area contributed by atoms with Crippen LogP contribution in [0, 0.1) is 12.3 Å². The highest BCUT2D eigenvalue weighted by Gasteiger charge is 2.46. The Balaban J connectivity index is 3.78. The molecule has 0 bridgehead atoms. The molecule has 0 nitrogen and oxygen atoms in total. The molecule has 0 amide bonds. The minimum Gasteiger partial charge on any atom is -0.166 e. The Kier molecular flexibility index (Phi) is 3.74. The molecule has 0 aromatic heterocycles. The van der Waals surface area contributed by atoms with Crippen LogP contribution in [0.3, 0.4) is 0 Å². The lowest BCUT2D eigenvalue weighted by Gasteiger charge is -2.19. The first-order chi connectivity index (χ1) is 8.78. The van der Waals surface area contributed by atoms with Crippen molar-refractivity contribution in [1.29, 1.82) is 0 Å². The Morgan fingerprint density at radius 2 is 1.00 bits per heavy atom. The first-order valence-electron chi connectivity index (χ1n) is 4.64. The maximum Gasteiger partial charge on any atom is 0.417 e. The van der Waals surface area contributed by atoms with Gasteiger partial charge < -0.3 is 0 Å². The van der Waals surface area contributed by atoms with E-state index in [2.05, 4.69) is 6.42 Å². The normalized spacial score (nSPS) is 13.2. The number of rotatable bonds is 0. The third-order valence-corrected chi connectivity index (χ3v) is 2.23. The second-order valence-electron chi connectivity index (χ2n) is 3.58. The molecular formula is C11H3F9. The van der Waals surface area contributed by atoms with E-state index in [9.17, 15) is 39.5 Å². The van der Waals surface area contributed by atoms with E-state index >= 15 is 0 Å². The zero-order valence-electron chi connectivity index (χ0n) is 9.13. The molecule has 0 atom stereocenters. The molecule has 0 spiro atoms. The topological polar surface area (TPSA) is 0 Å². The molecule has 0 fully saturated rings. The second kappa shape index (κ2) is 4.61. The summed E-state index contributed by atoms with van der Waals surface area (Å²) >= 11 is 0. The first-order valence-corrected chi connectivity index (χ1v) is 4.64. The lowest BCUT2D eigenvalue weighted by molar-refractivity contribution is -0.163. The van der Waals surface area contributed by atoms with Gasteiger partial charge in [0.2, 0.25) is 0 Å². The fourth-order valence-electron chi connectivity index (χ4n) is 1.42. The highest BCUT2D eigenvalue weighted by atomic mass is 19.4. The zero-order chi connectivity index (χ0) is 15.9. The van der Waals surface area contributed by atoms with Gasteiger partial charge in [-0.2, -0.15) is 39.5 Å². The highest BCUT2D eigenvalue weighted by molar-refractivity contribution is 5.49. The van der Waals surface area contributed by atoms with Gasteiger partial charge in [-0.1, -0.05) is 5.92 Å². The van der Waals surface area contributed by atoms with E-state index < -0.39 is 46.8 Å². The molecule has 110 valence electrons. The van der Waals surface area contributed by atoms with Crippen LogP contribution < -0.4 is 0 Å². The van der Waals surface area contributed by atoms with Gasteiger partial charge in [-0.25, -0.2) is 0 Å². The maximum atomic E-state index is 12.5. The molecule has 0 aliphatic heterocycles. The molecule has 0 unspecified atom stereocenters. The van der Waals surface area contributed by atoms with Gasteiger partial charge in [-0.15, -0.1) is 6.42 Å². The van der Waals surface area contributed by atoms with E-state index in [-0.39, 0.29) is 6.07 Å². The zero-order valence-corrected chi connectivity index (χ0v) is 9.13. The molecule has 0 aliphatic carbocycles. The number of halogens is 9. The largest absolute Gasteiger partial charge is 0.417 e. The van der Waals surface area contributed by atoms with Crippen molar-refractivity contribution in [2.75, 3.05) is 0 Å². The minimum atomic E-state index is -5.60. The van der Waals surface area contributed by atoms with E-state index in [0.29, 0.717) is 0 Å². The van der Waals surface area contributed by atoms with Crippen molar-refractivity contribution >= 4 is 0 Å². The lowest BCUT2D eigenvalue weighted by Crippen LogP contribution is -2.20. The van der Waals surface area contributed by atoms with Crippen LogP contribution in [-0.2, 0) is 18.5 Å². The Morgan fingerprint density at radius 3 is 1.30 bits per heavy atom. The van der Waals surface area contributed by atoms with Crippen molar-refractivity contribution in [1.82, 2.24) is 0 Å². The van der Waals surface area contributed by atoms with Crippen LogP contribution >= 0.6 is 0 Å². The van der Waals surface area contributed by atoms with Crippen LogP contribution in [-0.4, -0.2) is 0 Å². The monoisotopic (exact) mass is 306 g/mol. The predicted octanol–water partition coefficient (Wildman–Crippen LogP) is 4.72. The van der Waals surface area contributed by atoms with Crippen LogP contribution in [0.15, 0.2) is 12.1 Å². The van der Waals surface area contributed by atoms with Crippen molar-refractivity contribution < 1.29 is 39.5 Å². The summed E-state index contributed by atoms with van der Waals surface area (Å²) in [6.45, 7) is 0. The third kappa shape index (κ3) is 3.18. The van der Waals surface area contributed by atoms with Crippen LogP contribution in [0.4, 0.5) is 39.5 Å². The SMILES string of the molecule is C#Cc1cc(C(F)(F)F)c(C(F)(F)F)cc1C(F)(F)F. The van der Waals surface area contributed by atoms with Gasteiger partial charge in [0, 0.05) is 5.56 Å².